The number of nitriles is 1. The van der Waals surface area contributed by atoms with Gasteiger partial charge in [0.2, 0.25) is 0 Å². The van der Waals surface area contributed by atoms with E-state index in [1.807, 2.05) is 20.9 Å². The Labute approximate surface area is 75.6 Å². The molecule has 0 bridgehead atoms. The van der Waals surface area contributed by atoms with Crippen LogP contribution in [0.4, 0.5) is 0 Å². The van der Waals surface area contributed by atoms with Crippen molar-refractivity contribution < 1.29 is 0 Å². The number of piperazine rings is 1. The standard InChI is InChI=1S/C7H13N3.C2H6/c1-9-3-4-10(2)7(5-8)6-9;1-2/h7H,3-4,6H2,1-2H3;1-2H3. The molecule has 1 atom stereocenters. The molecule has 1 fully saturated rings. The van der Waals surface area contributed by atoms with Gasteiger partial charge < -0.3 is 4.90 Å². The van der Waals surface area contributed by atoms with E-state index in [-0.39, 0.29) is 6.04 Å². The highest BCUT2D eigenvalue weighted by molar-refractivity contribution is 4.95. The number of likely N-dealkylation sites (N-methyl/N-ethyl adjacent to an activating group) is 2. The van der Waals surface area contributed by atoms with E-state index in [4.69, 9.17) is 5.26 Å². The molecule has 3 heteroatoms. The van der Waals surface area contributed by atoms with Crippen LogP contribution in [0.3, 0.4) is 0 Å². The molecule has 12 heavy (non-hydrogen) atoms. The van der Waals surface area contributed by atoms with Gasteiger partial charge in [-0.15, -0.1) is 0 Å². The summed E-state index contributed by atoms with van der Waals surface area (Å²) in [5.41, 5.74) is 0. The van der Waals surface area contributed by atoms with E-state index in [0.29, 0.717) is 0 Å². The Morgan fingerprint density at radius 1 is 1.25 bits per heavy atom. The van der Waals surface area contributed by atoms with E-state index < -0.39 is 0 Å². The Morgan fingerprint density at radius 2 is 1.83 bits per heavy atom. The van der Waals surface area contributed by atoms with Crippen molar-refractivity contribution in [2.45, 2.75) is 19.9 Å². The Kier molecular flexibility index (Phi) is 5.69. The van der Waals surface area contributed by atoms with Gasteiger partial charge in [-0.1, -0.05) is 13.8 Å². The molecule has 0 aromatic rings. The summed E-state index contributed by atoms with van der Waals surface area (Å²) in [6, 6.07) is 2.36. The predicted octanol–water partition coefficient (Wildman–Crippen LogP) is 0.782. The summed E-state index contributed by atoms with van der Waals surface area (Å²) in [7, 11) is 4.05. The lowest BCUT2D eigenvalue weighted by Crippen LogP contribution is -2.49. The summed E-state index contributed by atoms with van der Waals surface area (Å²) in [4.78, 5) is 4.29. The van der Waals surface area contributed by atoms with Crippen LogP contribution in [-0.2, 0) is 0 Å². The van der Waals surface area contributed by atoms with Gasteiger partial charge in [0.05, 0.1) is 6.07 Å². The lowest BCUT2D eigenvalue weighted by atomic mass is 10.2. The first kappa shape index (κ1) is 11.4. The number of hydrogen-bond acceptors (Lipinski definition) is 3. The summed E-state index contributed by atoms with van der Waals surface area (Å²) >= 11 is 0. The Morgan fingerprint density at radius 3 is 2.25 bits per heavy atom. The van der Waals surface area contributed by atoms with E-state index in [1.54, 1.807) is 0 Å². The van der Waals surface area contributed by atoms with E-state index in [2.05, 4.69) is 22.9 Å². The lowest BCUT2D eigenvalue weighted by molar-refractivity contribution is 0.145. The first-order valence-electron chi connectivity index (χ1n) is 4.52. The monoisotopic (exact) mass is 169 g/mol. The first-order chi connectivity index (χ1) is 5.74. The molecule has 0 saturated carbocycles. The van der Waals surface area contributed by atoms with Crippen LogP contribution in [0.15, 0.2) is 0 Å². The minimum atomic E-state index is 0.0961. The number of nitrogens with zero attached hydrogens (tertiary/aromatic N) is 3. The largest absolute Gasteiger partial charge is 0.302 e. The molecule has 3 nitrogen and oxygen atoms in total. The van der Waals surface area contributed by atoms with Gasteiger partial charge in [-0.3, -0.25) is 4.90 Å². The van der Waals surface area contributed by atoms with Crippen LogP contribution >= 0.6 is 0 Å². The zero-order chi connectivity index (χ0) is 9.56. The van der Waals surface area contributed by atoms with Crippen molar-refractivity contribution in [3.63, 3.8) is 0 Å². The Hall–Kier alpha value is -0.590. The van der Waals surface area contributed by atoms with Crippen molar-refractivity contribution >= 4 is 0 Å². The average molecular weight is 169 g/mol. The molecular weight excluding hydrogens is 150 g/mol. The summed E-state index contributed by atoms with van der Waals surface area (Å²) in [5.74, 6) is 0. The SMILES string of the molecule is CC.CN1CCN(C)C(C#N)C1. The van der Waals surface area contributed by atoms with E-state index >= 15 is 0 Å². The zero-order valence-corrected chi connectivity index (χ0v) is 8.54. The predicted molar refractivity (Wildman–Crippen MR) is 50.9 cm³/mol. The molecule has 1 rings (SSSR count). The second-order valence-electron chi connectivity index (χ2n) is 2.89. The van der Waals surface area contributed by atoms with Gasteiger partial charge in [0.15, 0.2) is 0 Å². The Bertz CT molecular complexity index is 150. The second-order valence-corrected chi connectivity index (χ2v) is 2.89. The maximum Gasteiger partial charge on any atom is 0.110 e. The smallest absolute Gasteiger partial charge is 0.110 e. The van der Waals surface area contributed by atoms with Crippen LogP contribution in [0, 0.1) is 11.3 Å². The normalized spacial score (nSPS) is 25.4. The highest BCUT2D eigenvalue weighted by Crippen LogP contribution is 2.03. The fourth-order valence-corrected chi connectivity index (χ4v) is 1.15. The third-order valence-corrected chi connectivity index (χ3v) is 2.00. The van der Waals surface area contributed by atoms with Crippen molar-refractivity contribution in [1.29, 1.82) is 5.26 Å². The minimum absolute atomic E-state index is 0.0961. The average Bonchev–Trinajstić information content (AvgIpc) is 2.13. The van der Waals surface area contributed by atoms with Crippen molar-refractivity contribution in [3.05, 3.63) is 0 Å². The van der Waals surface area contributed by atoms with Crippen molar-refractivity contribution in [1.82, 2.24) is 9.80 Å². The van der Waals surface area contributed by atoms with Crippen LogP contribution in [-0.4, -0.2) is 49.6 Å². The quantitative estimate of drug-likeness (QED) is 0.537. The highest BCUT2D eigenvalue weighted by atomic mass is 15.3. The molecule has 0 N–H and O–H groups in total. The van der Waals surface area contributed by atoms with Crippen LogP contribution < -0.4 is 0 Å². The summed E-state index contributed by atoms with van der Waals surface area (Å²) in [5, 5.41) is 8.66. The molecule has 0 aliphatic carbocycles. The Balaban J connectivity index is 0.000000561. The molecular formula is C9H19N3. The van der Waals surface area contributed by atoms with Gasteiger partial charge in [-0.05, 0) is 14.1 Å². The van der Waals surface area contributed by atoms with Gasteiger partial charge in [-0.25, -0.2) is 0 Å². The van der Waals surface area contributed by atoms with Crippen LogP contribution in [0.2, 0.25) is 0 Å². The van der Waals surface area contributed by atoms with Gasteiger partial charge in [-0.2, -0.15) is 5.26 Å². The van der Waals surface area contributed by atoms with Crippen molar-refractivity contribution in [3.8, 4) is 6.07 Å². The lowest BCUT2D eigenvalue weighted by Gasteiger charge is -2.33. The topological polar surface area (TPSA) is 30.3 Å². The molecule has 0 spiro atoms. The fraction of sp³-hybridized carbons (Fsp3) is 0.889. The van der Waals surface area contributed by atoms with Gasteiger partial charge >= 0.3 is 0 Å². The molecule has 0 aromatic heterocycles. The molecule has 1 heterocycles. The van der Waals surface area contributed by atoms with Crippen molar-refractivity contribution in [2.75, 3.05) is 33.7 Å². The van der Waals surface area contributed by atoms with E-state index in [1.165, 1.54) is 0 Å². The number of rotatable bonds is 0. The second kappa shape index (κ2) is 5.99. The van der Waals surface area contributed by atoms with Gasteiger partial charge in [0.1, 0.15) is 6.04 Å². The maximum absolute atomic E-state index is 8.66. The molecule has 1 aliphatic rings. The van der Waals surface area contributed by atoms with Crippen molar-refractivity contribution in [2.24, 2.45) is 0 Å². The third kappa shape index (κ3) is 3.21. The molecule has 0 radical (unpaired) electrons. The molecule has 0 amide bonds. The molecule has 1 aliphatic heterocycles. The van der Waals surface area contributed by atoms with E-state index in [9.17, 15) is 0 Å². The molecule has 0 aromatic carbocycles. The highest BCUT2D eigenvalue weighted by Gasteiger charge is 2.20. The summed E-state index contributed by atoms with van der Waals surface area (Å²) in [6.45, 7) is 6.97. The summed E-state index contributed by atoms with van der Waals surface area (Å²) in [6.07, 6.45) is 0. The fourth-order valence-electron chi connectivity index (χ4n) is 1.15. The van der Waals surface area contributed by atoms with Gasteiger partial charge in [0, 0.05) is 19.6 Å². The van der Waals surface area contributed by atoms with Crippen LogP contribution in [0.25, 0.3) is 0 Å². The minimum Gasteiger partial charge on any atom is -0.302 e. The zero-order valence-electron chi connectivity index (χ0n) is 8.54. The number of hydrogen-bond donors (Lipinski definition) is 0. The molecule has 1 unspecified atom stereocenters. The third-order valence-electron chi connectivity index (χ3n) is 2.00. The van der Waals surface area contributed by atoms with Crippen LogP contribution in [0.1, 0.15) is 13.8 Å². The first-order valence-corrected chi connectivity index (χ1v) is 4.52. The van der Waals surface area contributed by atoms with Gasteiger partial charge in [0.25, 0.3) is 0 Å². The maximum atomic E-state index is 8.66. The molecule has 70 valence electrons. The van der Waals surface area contributed by atoms with Crippen LogP contribution in [0.5, 0.6) is 0 Å². The molecule has 1 saturated heterocycles. The van der Waals surface area contributed by atoms with E-state index in [0.717, 1.165) is 19.6 Å². The summed E-state index contributed by atoms with van der Waals surface area (Å²) < 4.78 is 0.